The summed E-state index contributed by atoms with van der Waals surface area (Å²) in [7, 11) is 0. The first-order valence-corrected chi connectivity index (χ1v) is 19.2. The van der Waals surface area contributed by atoms with E-state index in [0.29, 0.717) is 12.8 Å². The van der Waals surface area contributed by atoms with Gasteiger partial charge in [0, 0.05) is 0 Å². The minimum absolute atomic E-state index is 0.292. The van der Waals surface area contributed by atoms with E-state index < -0.39 is 61.2 Å². The first-order valence-electron chi connectivity index (χ1n) is 19.2. The number of aliphatic hydroxyl groups excluding tert-OH is 6. The highest BCUT2D eigenvalue weighted by atomic mass is 16.7. The van der Waals surface area contributed by atoms with E-state index in [9.17, 15) is 35.4 Å². The summed E-state index contributed by atoms with van der Waals surface area (Å²) in [6.07, 6.45) is 17.0. The van der Waals surface area contributed by atoms with E-state index in [0.717, 1.165) is 44.4 Å². The van der Waals surface area contributed by atoms with Crippen LogP contribution in [0.25, 0.3) is 0 Å². The van der Waals surface area contributed by atoms with Crippen molar-refractivity contribution in [1.82, 2.24) is 0 Å². The molecule has 0 aromatic carbocycles. The lowest BCUT2D eigenvalue weighted by atomic mass is 9.91. The second-order valence-electron chi connectivity index (χ2n) is 14.0. The maximum Gasteiger partial charge on any atom is 0.186 e. The molecule has 6 N–H and O–H groups in total. The number of rotatable bonds is 30. The maximum absolute atomic E-state index is 13.4. The van der Waals surface area contributed by atoms with E-state index >= 15 is 0 Å². The van der Waals surface area contributed by atoms with Gasteiger partial charge in [-0.05, 0) is 25.2 Å². The summed E-state index contributed by atoms with van der Waals surface area (Å²) in [6.45, 7) is 5.79. The number of unbranched alkanes of at least 4 members (excludes halogenated alkanes) is 16. The van der Waals surface area contributed by atoms with Gasteiger partial charge < -0.3 is 40.1 Å². The van der Waals surface area contributed by atoms with E-state index in [1.165, 1.54) is 83.5 Å². The fourth-order valence-corrected chi connectivity index (χ4v) is 6.18. The Balaban J connectivity index is 2.58. The molecule has 1 fully saturated rings. The first-order chi connectivity index (χ1) is 22.7. The molecule has 1 rings (SSSR count). The smallest absolute Gasteiger partial charge is 0.186 e. The third-order valence-electron chi connectivity index (χ3n) is 9.82. The maximum atomic E-state index is 13.4. The van der Waals surface area contributed by atoms with Gasteiger partial charge in [-0.25, -0.2) is 0 Å². The third-order valence-corrected chi connectivity index (χ3v) is 9.82. The van der Waals surface area contributed by atoms with Crippen LogP contribution in [0.2, 0.25) is 0 Å². The summed E-state index contributed by atoms with van der Waals surface area (Å²) in [5.74, 6) is -0.862. The molecule has 0 aromatic heterocycles. The molecule has 1 aliphatic heterocycles. The van der Waals surface area contributed by atoms with Crippen LogP contribution >= 0.6 is 0 Å². The Hall–Kier alpha value is -0.910. The Kier molecular flexibility index (Phi) is 26.1. The van der Waals surface area contributed by atoms with Crippen LogP contribution in [0.15, 0.2) is 12.2 Å². The molecule has 278 valence electrons. The summed E-state index contributed by atoms with van der Waals surface area (Å²) >= 11 is 0. The summed E-state index contributed by atoms with van der Waals surface area (Å²) in [5.41, 5.74) is 0. The third kappa shape index (κ3) is 19.2. The van der Waals surface area contributed by atoms with Crippen LogP contribution in [0.1, 0.15) is 156 Å². The highest BCUT2D eigenvalue weighted by Gasteiger charge is 2.44. The quantitative estimate of drug-likeness (QED) is 0.0390. The van der Waals surface area contributed by atoms with Gasteiger partial charge in [-0.2, -0.15) is 0 Å². The zero-order chi connectivity index (χ0) is 34.9. The van der Waals surface area contributed by atoms with Gasteiger partial charge in [-0.1, -0.05) is 148 Å². The molecule has 9 heteroatoms. The number of aliphatic hydroxyl groups is 6. The van der Waals surface area contributed by atoms with Crippen LogP contribution in [0.4, 0.5) is 0 Å². The Labute approximate surface area is 286 Å². The van der Waals surface area contributed by atoms with E-state index in [2.05, 4.69) is 20.8 Å². The first kappa shape index (κ1) is 44.1. The van der Waals surface area contributed by atoms with Crippen molar-refractivity contribution in [2.45, 2.75) is 199 Å². The molecule has 0 bridgehead atoms. The molecule has 1 heterocycles. The Morgan fingerprint density at radius 3 is 1.83 bits per heavy atom. The van der Waals surface area contributed by atoms with Gasteiger partial charge >= 0.3 is 0 Å². The lowest BCUT2D eigenvalue weighted by molar-refractivity contribution is -0.303. The predicted octanol–water partition coefficient (Wildman–Crippen LogP) is 6.13. The van der Waals surface area contributed by atoms with Crippen LogP contribution in [0, 0.1) is 11.8 Å². The van der Waals surface area contributed by atoms with Crippen molar-refractivity contribution in [3.05, 3.63) is 12.2 Å². The SMILES string of the molecule is CCCCCCCCCCCCC[C@@H](O)C(=O)[C@@H](CO[C@@H]1O[C@H](CO)[C@H](O)[C@H](O)[C@H]1O)[C@H](O)/C=C/CCCCCCCCC(C)CC. The Morgan fingerprint density at radius 2 is 1.28 bits per heavy atom. The number of carbonyl (C=O) groups excluding carboxylic acids is 1. The Morgan fingerprint density at radius 1 is 0.745 bits per heavy atom. The zero-order valence-corrected chi connectivity index (χ0v) is 30.0. The monoisotopic (exact) mass is 673 g/mol. The molecule has 47 heavy (non-hydrogen) atoms. The highest BCUT2D eigenvalue weighted by Crippen LogP contribution is 2.24. The number of allylic oxidation sites excluding steroid dienone is 1. The van der Waals surface area contributed by atoms with Crippen molar-refractivity contribution in [1.29, 1.82) is 0 Å². The van der Waals surface area contributed by atoms with Crippen LogP contribution in [0.5, 0.6) is 0 Å². The normalized spacial score (nSPS) is 24.4. The average molecular weight is 673 g/mol. The van der Waals surface area contributed by atoms with E-state index in [-0.39, 0.29) is 6.61 Å². The minimum Gasteiger partial charge on any atom is -0.394 e. The second-order valence-corrected chi connectivity index (χ2v) is 14.0. The van der Waals surface area contributed by atoms with Crippen LogP contribution in [-0.2, 0) is 14.3 Å². The van der Waals surface area contributed by atoms with E-state index in [4.69, 9.17) is 9.47 Å². The van der Waals surface area contributed by atoms with Gasteiger partial charge in [0.25, 0.3) is 0 Å². The molecular weight excluding hydrogens is 600 g/mol. The molecular formula is C38H72O9. The number of Topliss-reactive ketones (excluding diaryl/α,β-unsaturated/α-hetero) is 1. The molecule has 0 aliphatic carbocycles. The number of ether oxygens (including phenoxy) is 2. The molecule has 0 spiro atoms. The number of hydrogen-bond acceptors (Lipinski definition) is 9. The van der Waals surface area contributed by atoms with Crippen molar-refractivity contribution in [3.8, 4) is 0 Å². The van der Waals surface area contributed by atoms with Crippen molar-refractivity contribution in [3.63, 3.8) is 0 Å². The summed E-state index contributed by atoms with van der Waals surface area (Å²) < 4.78 is 11.1. The van der Waals surface area contributed by atoms with Gasteiger partial charge in [0.15, 0.2) is 12.1 Å². The molecule has 1 aliphatic rings. The fraction of sp³-hybridized carbons (Fsp3) is 0.921. The molecule has 0 radical (unpaired) electrons. The molecule has 9 nitrogen and oxygen atoms in total. The van der Waals surface area contributed by atoms with Gasteiger partial charge in [-0.3, -0.25) is 4.79 Å². The lowest BCUT2D eigenvalue weighted by Gasteiger charge is -2.40. The van der Waals surface area contributed by atoms with Crippen molar-refractivity contribution in [2.24, 2.45) is 11.8 Å². The van der Waals surface area contributed by atoms with Gasteiger partial charge in [0.1, 0.15) is 30.5 Å². The topological polar surface area (TPSA) is 157 Å². The molecule has 9 atom stereocenters. The summed E-state index contributed by atoms with van der Waals surface area (Å²) in [5, 5.41) is 61.8. The molecule has 1 unspecified atom stereocenters. The molecule has 0 aromatic rings. The number of hydrogen-bond donors (Lipinski definition) is 6. The van der Waals surface area contributed by atoms with Crippen molar-refractivity contribution < 1.29 is 44.9 Å². The van der Waals surface area contributed by atoms with E-state index in [1.54, 1.807) is 6.08 Å². The van der Waals surface area contributed by atoms with Gasteiger partial charge in [-0.15, -0.1) is 0 Å². The van der Waals surface area contributed by atoms with Crippen molar-refractivity contribution in [2.75, 3.05) is 13.2 Å². The number of carbonyl (C=O) groups is 1. The molecule has 1 saturated heterocycles. The molecule has 0 amide bonds. The molecule has 0 saturated carbocycles. The largest absolute Gasteiger partial charge is 0.394 e. The summed E-state index contributed by atoms with van der Waals surface area (Å²) in [6, 6.07) is 0. The van der Waals surface area contributed by atoms with Gasteiger partial charge in [0.2, 0.25) is 0 Å². The Bertz CT molecular complexity index is 776. The van der Waals surface area contributed by atoms with Gasteiger partial charge in [0.05, 0.1) is 25.2 Å². The standard InChI is InChI=1S/C38H72O9/c1-4-6-7-8-9-10-11-12-17-20-23-26-32(41)34(42)30(28-46-38-37(45)36(44)35(43)33(27-39)47-38)31(40)25-22-19-16-14-13-15-18-21-24-29(3)5-2/h22,25,29-33,35-41,43-45H,4-21,23-24,26-28H2,1-3H3/b25-22+/t29?,30-,31+,32+,33+,35-,36-,37+,38+/m0/s1. The predicted molar refractivity (Wildman–Crippen MR) is 187 cm³/mol. The van der Waals surface area contributed by atoms with Crippen LogP contribution in [0.3, 0.4) is 0 Å². The zero-order valence-electron chi connectivity index (χ0n) is 30.0. The lowest BCUT2D eigenvalue weighted by Crippen LogP contribution is -2.59. The highest BCUT2D eigenvalue weighted by molar-refractivity contribution is 5.86. The number of ketones is 1. The fourth-order valence-electron chi connectivity index (χ4n) is 6.18. The summed E-state index contributed by atoms with van der Waals surface area (Å²) in [4.78, 5) is 13.4. The van der Waals surface area contributed by atoms with E-state index in [1.807, 2.05) is 6.08 Å². The minimum atomic E-state index is -1.62. The van der Waals surface area contributed by atoms with Crippen LogP contribution in [-0.4, -0.2) is 92.5 Å². The second kappa shape index (κ2) is 27.9. The van der Waals surface area contributed by atoms with Crippen LogP contribution < -0.4 is 0 Å². The average Bonchev–Trinajstić information content (AvgIpc) is 3.07. The van der Waals surface area contributed by atoms with Crippen molar-refractivity contribution >= 4 is 5.78 Å².